The van der Waals surface area contributed by atoms with Crippen molar-refractivity contribution in [2.45, 2.75) is 12.8 Å². The number of hydrogen-bond donors (Lipinski definition) is 2. The third-order valence-electron chi connectivity index (χ3n) is 2.57. The van der Waals surface area contributed by atoms with Gasteiger partial charge in [0.2, 0.25) is 0 Å². The van der Waals surface area contributed by atoms with E-state index in [0.717, 1.165) is 5.71 Å². The summed E-state index contributed by atoms with van der Waals surface area (Å²) in [6, 6.07) is 6.07. The van der Waals surface area contributed by atoms with Gasteiger partial charge in [-0.15, -0.1) is 0 Å². The molecular formula is C12H12N3O4P. The van der Waals surface area contributed by atoms with E-state index in [1.807, 2.05) is 0 Å². The lowest BCUT2D eigenvalue weighted by Gasteiger charge is -2.07. The van der Waals surface area contributed by atoms with Crippen LogP contribution in [-0.4, -0.2) is 26.0 Å². The van der Waals surface area contributed by atoms with Crippen molar-refractivity contribution in [1.29, 1.82) is 0 Å². The minimum atomic E-state index is -4.53. The van der Waals surface area contributed by atoms with Crippen LogP contribution in [0, 0.1) is 0 Å². The molecule has 104 valence electrons. The molecule has 0 unspecified atom stereocenters. The smallest absolute Gasteiger partial charge is 0.404 e. The van der Waals surface area contributed by atoms with Gasteiger partial charge in [-0.25, -0.2) is 4.57 Å². The summed E-state index contributed by atoms with van der Waals surface area (Å²) >= 11 is 0. The fourth-order valence-electron chi connectivity index (χ4n) is 1.68. The Morgan fingerprint density at radius 2 is 1.90 bits per heavy atom. The Balaban J connectivity index is 2.12. The Hall–Kier alpha value is -2.04. The molecule has 2 rings (SSSR count). The van der Waals surface area contributed by atoms with Crippen LogP contribution in [0.5, 0.6) is 5.75 Å². The van der Waals surface area contributed by atoms with Crippen LogP contribution in [-0.2, 0) is 4.57 Å². The predicted molar refractivity (Wildman–Crippen MR) is 73.2 cm³/mol. The molecule has 20 heavy (non-hydrogen) atoms. The Kier molecular flexibility index (Phi) is 4.27. The van der Waals surface area contributed by atoms with Crippen LogP contribution >= 0.6 is 7.82 Å². The summed E-state index contributed by atoms with van der Waals surface area (Å²) in [5, 5.41) is 0. The fourth-order valence-corrected chi connectivity index (χ4v) is 2.07. The number of hydrogen-bond acceptors (Lipinski definition) is 3. The lowest BCUT2D eigenvalue weighted by atomic mass is 10.0. The second kappa shape index (κ2) is 5.94. The largest absolute Gasteiger partial charge is 0.524 e. The number of phosphoric ester groups is 1. The third kappa shape index (κ3) is 4.26. The lowest BCUT2D eigenvalue weighted by Crippen LogP contribution is -2.07. The first-order valence-electron chi connectivity index (χ1n) is 5.78. The van der Waals surface area contributed by atoms with Crippen molar-refractivity contribution in [3.63, 3.8) is 0 Å². The van der Waals surface area contributed by atoms with E-state index in [2.05, 4.69) is 14.3 Å². The summed E-state index contributed by atoms with van der Waals surface area (Å²) in [6.07, 6.45) is 4.73. The fraction of sp³-hybridized carbons (Fsp3) is 0.167. The second-order valence-corrected chi connectivity index (χ2v) is 5.27. The van der Waals surface area contributed by atoms with E-state index in [0.29, 0.717) is 24.2 Å². The highest BCUT2D eigenvalue weighted by Crippen LogP contribution is 2.37. The Labute approximate surface area is 115 Å². The van der Waals surface area contributed by atoms with E-state index < -0.39 is 7.82 Å². The topological polar surface area (TPSA) is 116 Å². The molecule has 1 aliphatic rings. The molecule has 1 aromatic rings. The maximum atomic E-state index is 10.7. The molecule has 0 spiro atoms. The van der Waals surface area contributed by atoms with Gasteiger partial charge in [-0.3, -0.25) is 14.8 Å². The van der Waals surface area contributed by atoms with Gasteiger partial charge in [0.05, 0.1) is 12.1 Å². The summed E-state index contributed by atoms with van der Waals surface area (Å²) in [6.45, 7) is 0. The van der Waals surface area contributed by atoms with Crippen LogP contribution < -0.4 is 4.52 Å². The molecule has 0 saturated heterocycles. The molecule has 8 heteroatoms. The molecule has 0 saturated carbocycles. The summed E-state index contributed by atoms with van der Waals surface area (Å²) < 4.78 is 15.1. The Morgan fingerprint density at radius 3 is 2.40 bits per heavy atom. The van der Waals surface area contributed by atoms with Crippen LogP contribution in [0.4, 0.5) is 5.69 Å². The molecule has 0 fully saturated rings. The molecule has 7 nitrogen and oxygen atoms in total. The molecule has 2 N–H and O–H groups in total. The van der Waals surface area contributed by atoms with Crippen LogP contribution in [0.15, 0.2) is 41.4 Å². The van der Waals surface area contributed by atoms with Gasteiger partial charge >= 0.3 is 7.82 Å². The van der Waals surface area contributed by atoms with E-state index in [9.17, 15) is 4.57 Å². The highest BCUT2D eigenvalue weighted by Gasteiger charge is 2.15. The van der Waals surface area contributed by atoms with Crippen LogP contribution in [0.2, 0.25) is 0 Å². The monoisotopic (exact) mass is 293 g/mol. The highest BCUT2D eigenvalue weighted by molar-refractivity contribution is 7.46. The standard InChI is InChI=1S/C12H12N3O4P/c13-15-11-3-1-9(2-4-11)14-10-5-7-12(8-6-10)19-20(16,17)18/h1,3,5-8H,2,4H2,(H2,16,17,18). The maximum Gasteiger partial charge on any atom is 0.524 e. The average molecular weight is 293 g/mol. The Bertz CT molecular complexity index is 654. The van der Waals surface area contributed by atoms with E-state index >= 15 is 0 Å². The summed E-state index contributed by atoms with van der Waals surface area (Å²) in [4.78, 5) is 24.8. The van der Waals surface area contributed by atoms with E-state index in [4.69, 9.17) is 15.3 Å². The summed E-state index contributed by atoms with van der Waals surface area (Å²) in [5.41, 5.74) is 10.7. The summed E-state index contributed by atoms with van der Waals surface area (Å²) in [5.74, 6) is 0.0798. The molecule has 0 radical (unpaired) electrons. The number of nitrogens with zero attached hydrogens (tertiary/aromatic N) is 3. The second-order valence-electron chi connectivity index (χ2n) is 4.10. The van der Waals surface area contributed by atoms with E-state index in [1.165, 1.54) is 12.1 Å². The normalized spacial score (nSPS) is 17.1. The van der Waals surface area contributed by atoms with Gasteiger partial charge in [-0.05, 0) is 30.3 Å². The van der Waals surface area contributed by atoms with Crippen molar-refractivity contribution in [3.05, 3.63) is 41.9 Å². The molecule has 0 aliphatic heterocycles. The zero-order chi connectivity index (χ0) is 14.6. The van der Waals surface area contributed by atoms with Gasteiger partial charge in [-0.1, -0.05) is 0 Å². The zero-order valence-corrected chi connectivity index (χ0v) is 11.3. The Morgan fingerprint density at radius 1 is 1.20 bits per heavy atom. The van der Waals surface area contributed by atoms with Gasteiger partial charge in [0, 0.05) is 18.2 Å². The molecule has 0 heterocycles. The minimum Gasteiger partial charge on any atom is -0.404 e. The van der Waals surface area contributed by atoms with E-state index in [-0.39, 0.29) is 5.75 Å². The maximum absolute atomic E-state index is 10.7. The molecule has 0 aromatic heterocycles. The minimum absolute atomic E-state index is 0.0798. The summed E-state index contributed by atoms with van der Waals surface area (Å²) in [7, 11) is -4.53. The molecule has 1 aromatic carbocycles. The van der Waals surface area contributed by atoms with E-state index in [1.54, 1.807) is 24.3 Å². The van der Waals surface area contributed by atoms with Crippen molar-refractivity contribution in [3.8, 4) is 5.75 Å². The van der Waals surface area contributed by atoms with Gasteiger partial charge in [0.15, 0.2) is 0 Å². The molecule has 0 bridgehead atoms. The van der Waals surface area contributed by atoms with Crippen molar-refractivity contribution < 1.29 is 23.7 Å². The number of allylic oxidation sites excluding steroid dienone is 2. The number of rotatable bonds is 3. The first-order valence-corrected chi connectivity index (χ1v) is 7.31. The average Bonchev–Trinajstić information content (AvgIpc) is 2.40. The van der Waals surface area contributed by atoms with Crippen molar-refractivity contribution in [1.82, 2.24) is 0 Å². The van der Waals surface area contributed by atoms with Crippen molar-refractivity contribution >= 4 is 24.9 Å². The van der Waals surface area contributed by atoms with Crippen LogP contribution in [0.3, 0.4) is 0 Å². The zero-order valence-electron chi connectivity index (χ0n) is 10.4. The molecular weight excluding hydrogens is 281 g/mol. The lowest BCUT2D eigenvalue weighted by molar-refractivity contribution is -0.00621. The van der Waals surface area contributed by atoms with Gasteiger partial charge in [0.1, 0.15) is 5.75 Å². The molecule has 1 aliphatic carbocycles. The van der Waals surface area contributed by atoms with Gasteiger partial charge < -0.3 is 10.1 Å². The van der Waals surface area contributed by atoms with Gasteiger partial charge in [0.25, 0.3) is 5.71 Å². The van der Waals surface area contributed by atoms with Crippen molar-refractivity contribution in [2.24, 2.45) is 4.99 Å². The first-order chi connectivity index (χ1) is 9.46. The quantitative estimate of drug-likeness (QED) is 0.505. The predicted octanol–water partition coefficient (Wildman–Crippen LogP) is 2.25. The van der Waals surface area contributed by atoms with Gasteiger partial charge in [-0.2, -0.15) is 4.79 Å². The van der Waals surface area contributed by atoms with Crippen molar-refractivity contribution in [2.75, 3.05) is 0 Å². The third-order valence-corrected chi connectivity index (χ3v) is 3.02. The SMILES string of the molecule is [N-]=[N+]=C1C=CC(=Nc2ccc(OP(=O)(O)O)cc2)CC1. The number of aliphatic imine (C=N–C) groups is 1. The first kappa shape index (κ1) is 14.4. The molecule has 0 amide bonds. The number of phosphoric acid groups is 1. The highest BCUT2D eigenvalue weighted by atomic mass is 31.2. The number of benzene rings is 1. The molecule has 0 atom stereocenters. The van der Waals surface area contributed by atoms with Crippen LogP contribution in [0.25, 0.3) is 5.53 Å². The van der Waals surface area contributed by atoms with Crippen LogP contribution in [0.1, 0.15) is 12.8 Å².